The van der Waals surface area contributed by atoms with Crippen molar-refractivity contribution >= 4 is 17.7 Å². The second-order valence-electron chi connectivity index (χ2n) is 3.29. The lowest BCUT2D eigenvalue weighted by atomic mass is 9.83. The quantitative estimate of drug-likeness (QED) is 0.616. The molecule has 1 rings (SSSR count). The lowest BCUT2D eigenvalue weighted by Gasteiger charge is -2.25. The van der Waals surface area contributed by atoms with Gasteiger partial charge in [0.2, 0.25) is 0 Å². The summed E-state index contributed by atoms with van der Waals surface area (Å²) in [5.41, 5.74) is 5.52. The standard InChI is InChI=1S/C8H15NOS/c9-5-6-1-3-7(4-2-6)8(10)11/h6-7H,1-5,9H2,(H,10,11). The number of carbonyl (C=O) groups is 1. The smallest absolute Gasteiger partial charge is 0.188 e. The first kappa shape index (κ1) is 9.07. The minimum Gasteiger partial charge on any atom is -0.330 e. The summed E-state index contributed by atoms with van der Waals surface area (Å²) < 4.78 is 0. The first-order valence-electron chi connectivity index (χ1n) is 4.17. The van der Waals surface area contributed by atoms with Crippen molar-refractivity contribution in [3.63, 3.8) is 0 Å². The summed E-state index contributed by atoms with van der Waals surface area (Å²) in [5.74, 6) is 0.861. The molecule has 0 heterocycles. The molecule has 2 N–H and O–H groups in total. The fourth-order valence-electron chi connectivity index (χ4n) is 1.65. The van der Waals surface area contributed by atoms with Gasteiger partial charge in [0.05, 0.1) is 0 Å². The van der Waals surface area contributed by atoms with Crippen LogP contribution in [-0.2, 0) is 4.79 Å². The zero-order valence-corrected chi connectivity index (χ0v) is 7.52. The number of carbonyl (C=O) groups excluding carboxylic acids is 1. The summed E-state index contributed by atoms with van der Waals surface area (Å²) in [7, 11) is 0. The van der Waals surface area contributed by atoms with Crippen LogP contribution < -0.4 is 5.73 Å². The third-order valence-electron chi connectivity index (χ3n) is 2.53. The van der Waals surface area contributed by atoms with Gasteiger partial charge in [-0.2, -0.15) is 0 Å². The first-order valence-corrected chi connectivity index (χ1v) is 4.61. The van der Waals surface area contributed by atoms with Crippen LogP contribution in [0.5, 0.6) is 0 Å². The first-order chi connectivity index (χ1) is 5.24. The summed E-state index contributed by atoms with van der Waals surface area (Å²) in [5, 5.41) is 0.0560. The maximum absolute atomic E-state index is 10.8. The van der Waals surface area contributed by atoms with Gasteiger partial charge in [0, 0.05) is 5.92 Å². The predicted octanol–water partition coefficient (Wildman–Crippen LogP) is 1.21. The topological polar surface area (TPSA) is 43.1 Å². The zero-order chi connectivity index (χ0) is 8.27. The maximum Gasteiger partial charge on any atom is 0.188 e. The number of nitrogens with two attached hydrogens (primary N) is 1. The number of hydrogen-bond donors (Lipinski definition) is 2. The van der Waals surface area contributed by atoms with Crippen LogP contribution in [0.15, 0.2) is 0 Å². The van der Waals surface area contributed by atoms with E-state index in [1.54, 1.807) is 0 Å². The number of rotatable bonds is 2. The van der Waals surface area contributed by atoms with E-state index in [1.165, 1.54) is 0 Å². The van der Waals surface area contributed by atoms with Crippen LogP contribution in [0, 0.1) is 11.8 Å². The number of hydrogen-bond acceptors (Lipinski definition) is 2. The van der Waals surface area contributed by atoms with Gasteiger partial charge in [0.1, 0.15) is 0 Å². The van der Waals surface area contributed by atoms with E-state index in [1.807, 2.05) is 0 Å². The van der Waals surface area contributed by atoms with E-state index in [9.17, 15) is 4.79 Å². The summed E-state index contributed by atoms with van der Waals surface area (Å²) in [6, 6.07) is 0. The average molecular weight is 173 g/mol. The molecule has 0 aliphatic heterocycles. The van der Waals surface area contributed by atoms with E-state index in [2.05, 4.69) is 12.6 Å². The molecular formula is C8H15NOS. The molecule has 1 saturated carbocycles. The fraction of sp³-hybridized carbons (Fsp3) is 0.875. The Bertz CT molecular complexity index is 141. The van der Waals surface area contributed by atoms with Gasteiger partial charge in [-0.1, -0.05) is 0 Å². The highest BCUT2D eigenvalue weighted by atomic mass is 32.1. The van der Waals surface area contributed by atoms with Crippen LogP contribution in [-0.4, -0.2) is 11.7 Å². The Balaban J connectivity index is 2.30. The molecule has 0 radical (unpaired) electrons. The van der Waals surface area contributed by atoms with Gasteiger partial charge in [0.15, 0.2) is 5.12 Å². The van der Waals surface area contributed by atoms with E-state index >= 15 is 0 Å². The molecule has 1 aliphatic rings. The Hall–Kier alpha value is -0.0200. The van der Waals surface area contributed by atoms with E-state index in [4.69, 9.17) is 5.73 Å². The van der Waals surface area contributed by atoms with Crippen LogP contribution in [0.4, 0.5) is 0 Å². The van der Waals surface area contributed by atoms with Gasteiger partial charge in [-0.15, -0.1) is 12.6 Å². The Morgan fingerprint density at radius 2 is 1.91 bits per heavy atom. The predicted molar refractivity (Wildman–Crippen MR) is 48.5 cm³/mol. The Morgan fingerprint density at radius 1 is 1.36 bits per heavy atom. The molecule has 1 fully saturated rings. The van der Waals surface area contributed by atoms with Crippen molar-refractivity contribution in [1.82, 2.24) is 0 Å². The minimum atomic E-state index is 0.0560. The van der Waals surface area contributed by atoms with Crippen molar-refractivity contribution in [2.24, 2.45) is 17.6 Å². The Labute approximate surface area is 72.9 Å². The van der Waals surface area contributed by atoms with Gasteiger partial charge >= 0.3 is 0 Å². The Kier molecular flexibility index (Phi) is 3.40. The Morgan fingerprint density at radius 3 is 2.27 bits per heavy atom. The molecule has 2 nitrogen and oxygen atoms in total. The monoisotopic (exact) mass is 173 g/mol. The fourth-order valence-corrected chi connectivity index (χ4v) is 1.90. The van der Waals surface area contributed by atoms with Crippen LogP contribution in [0.3, 0.4) is 0 Å². The normalized spacial score (nSPS) is 31.8. The minimum absolute atomic E-state index is 0.0560. The molecule has 11 heavy (non-hydrogen) atoms. The molecule has 0 atom stereocenters. The molecule has 0 spiro atoms. The van der Waals surface area contributed by atoms with Crippen LogP contribution >= 0.6 is 12.6 Å². The van der Waals surface area contributed by atoms with Crippen molar-refractivity contribution < 1.29 is 4.79 Å². The second-order valence-corrected chi connectivity index (χ2v) is 3.73. The van der Waals surface area contributed by atoms with E-state index in [0.717, 1.165) is 32.2 Å². The molecule has 0 unspecified atom stereocenters. The maximum atomic E-state index is 10.8. The molecule has 0 aromatic rings. The molecule has 3 heteroatoms. The van der Waals surface area contributed by atoms with Crippen molar-refractivity contribution in [1.29, 1.82) is 0 Å². The van der Waals surface area contributed by atoms with E-state index in [-0.39, 0.29) is 11.0 Å². The lowest BCUT2D eigenvalue weighted by Crippen LogP contribution is -2.23. The van der Waals surface area contributed by atoms with Crippen molar-refractivity contribution in [2.45, 2.75) is 25.7 Å². The highest BCUT2D eigenvalue weighted by Gasteiger charge is 2.23. The zero-order valence-electron chi connectivity index (χ0n) is 6.62. The summed E-state index contributed by atoms with van der Waals surface area (Å²) >= 11 is 3.83. The van der Waals surface area contributed by atoms with Gasteiger partial charge in [0.25, 0.3) is 0 Å². The molecule has 0 bridgehead atoms. The molecule has 0 aromatic carbocycles. The van der Waals surface area contributed by atoms with E-state index < -0.39 is 0 Å². The van der Waals surface area contributed by atoms with Crippen LogP contribution in [0.1, 0.15) is 25.7 Å². The van der Waals surface area contributed by atoms with Crippen molar-refractivity contribution in [3.8, 4) is 0 Å². The third kappa shape index (κ3) is 2.49. The lowest BCUT2D eigenvalue weighted by molar-refractivity contribution is -0.115. The van der Waals surface area contributed by atoms with Gasteiger partial charge in [-0.3, -0.25) is 4.79 Å². The van der Waals surface area contributed by atoms with Crippen molar-refractivity contribution in [2.75, 3.05) is 6.54 Å². The van der Waals surface area contributed by atoms with E-state index in [0.29, 0.717) is 5.92 Å². The SMILES string of the molecule is NCC1CCC(C(=O)S)CC1. The van der Waals surface area contributed by atoms with Gasteiger partial charge in [-0.05, 0) is 38.1 Å². The number of thiol groups is 1. The molecule has 0 amide bonds. The second kappa shape index (κ2) is 4.12. The summed E-state index contributed by atoms with van der Waals surface area (Å²) in [6.45, 7) is 0.771. The summed E-state index contributed by atoms with van der Waals surface area (Å²) in [6.07, 6.45) is 4.19. The molecule has 0 aromatic heterocycles. The van der Waals surface area contributed by atoms with Gasteiger partial charge < -0.3 is 5.73 Å². The average Bonchev–Trinajstić information content (AvgIpc) is 2.05. The summed E-state index contributed by atoms with van der Waals surface area (Å²) in [4.78, 5) is 10.8. The van der Waals surface area contributed by atoms with Crippen LogP contribution in [0.25, 0.3) is 0 Å². The molecule has 0 saturated heterocycles. The highest BCUT2D eigenvalue weighted by Crippen LogP contribution is 2.29. The molecule has 1 aliphatic carbocycles. The third-order valence-corrected chi connectivity index (χ3v) is 2.89. The van der Waals surface area contributed by atoms with Crippen molar-refractivity contribution in [3.05, 3.63) is 0 Å². The largest absolute Gasteiger partial charge is 0.330 e. The van der Waals surface area contributed by atoms with Crippen LogP contribution in [0.2, 0.25) is 0 Å². The molecule has 64 valence electrons. The highest BCUT2D eigenvalue weighted by molar-refractivity contribution is 7.96. The molecular weight excluding hydrogens is 158 g/mol. The van der Waals surface area contributed by atoms with Gasteiger partial charge in [-0.25, -0.2) is 0 Å².